The predicted octanol–water partition coefficient (Wildman–Crippen LogP) is 1.52. The number of amides is 1. The standard InChI is InChI=1S/C15H19N3O4/c1-10(19)16-6-11-8-17(9-12(11)7-16)13-3-4-14(18(20)21)15(5-13)22-2/h3-5,11-12H,6-9H2,1-2H3. The van der Waals surface area contributed by atoms with E-state index < -0.39 is 4.92 Å². The van der Waals surface area contributed by atoms with Crippen LogP contribution in [0.25, 0.3) is 0 Å². The van der Waals surface area contributed by atoms with Crippen molar-refractivity contribution in [3.8, 4) is 5.75 Å². The average molecular weight is 305 g/mol. The lowest BCUT2D eigenvalue weighted by Crippen LogP contribution is -2.31. The molecule has 2 atom stereocenters. The summed E-state index contributed by atoms with van der Waals surface area (Å²) in [6.45, 7) is 4.96. The molecule has 2 unspecified atom stereocenters. The number of fused-ring (bicyclic) bond motifs is 1. The molecule has 1 amide bonds. The van der Waals surface area contributed by atoms with Crippen LogP contribution in [0.1, 0.15) is 6.92 Å². The summed E-state index contributed by atoms with van der Waals surface area (Å²) in [7, 11) is 1.44. The van der Waals surface area contributed by atoms with E-state index in [9.17, 15) is 14.9 Å². The molecule has 0 saturated carbocycles. The number of nitro benzene ring substituents is 1. The topological polar surface area (TPSA) is 75.9 Å². The van der Waals surface area contributed by atoms with Crippen molar-refractivity contribution in [2.24, 2.45) is 11.8 Å². The van der Waals surface area contributed by atoms with Gasteiger partial charge in [-0.25, -0.2) is 0 Å². The van der Waals surface area contributed by atoms with Gasteiger partial charge in [-0.1, -0.05) is 0 Å². The maximum absolute atomic E-state index is 11.4. The molecule has 2 aliphatic rings. The van der Waals surface area contributed by atoms with E-state index in [4.69, 9.17) is 4.74 Å². The molecule has 118 valence electrons. The second kappa shape index (κ2) is 5.47. The lowest BCUT2D eigenvalue weighted by Gasteiger charge is -2.22. The number of hydrogen-bond donors (Lipinski definition) is 0. The molecule has 0 N–H and O–H groups in total. The Labute approximate surface area is 128 Å². The summed E-state index contributed by atoms with van der Waals surface area (Å²) in [6.07, 6.45) is 0. The highest BCUT2D eigenvalue weighted by molar-refractivity contribution is 5.73. The van der Waals surface area contributed by atoms with Gasteiger partial charge in [-0.05, 0) is 6.07 Å². The van der Waals surface area contributed by atoms with E-state index in [2.05, 4.69) is 4.90 Å². The number of likely N-dealkylation sites (tertiary alicyclic amines) is 1. The summed E-state index contributed by atoms with van der Waals surface area (Å²) >= 11 is 0. The van der Waals surface area contributed by atoms with Crippen molar-refractivity contribution in [1.82, 2.24) is 4.90 Å². The van der Waals surface area contributed by atoms with Crippen molar-refractivity contribution in [2.75, 3.05) is 38.2 Å². The van der Waals surface area contributed by atoms with Crippen LogP contribution in [-0.4, -0.2) is 49.0 Å². The molecule has 0 spiro atoms. The minimum Gasteiger partial charge on any atom is -0.490 e. The fraction of sp³-hybridized carbons (Fsp3) is 0.533. The van der Waals surface area contributed by atoms with Gasteiger partial charge in [0.1, 0.15) is 0 Å². The molecule has 1 aromatic rings. The van der Waals surface area contributed by atoms with Crippen LogP contribution in [0.15, 0.2) is 18.2 Å². The highest BCUT2D eigenvalue weighted by Crippen LogP contribution is 2.37. The van der Waals surface area contributed by atoms with Gasteiger partial charge in [0.2, 0.25) is 5.91 Å². The molecule has 7 heteroatoms. The molecule has 0 aromatic heterocycles. The maximum Gasteiger partial charge on any atom is 0.311 e. The van der Waals surface area contributed by atoms with Crippen molar-refractivity contribution in [2.45, 2.75) is 6.92 Å². The van der Waals surface area contributed by atoms with E-state index in [0.29, 0.717) is 11.8 Å². The molecule has 22 heavy (non-hydrogen) atoms. The van der Waals surface area contributed by atoms with E-state index in [1.165, 1.54) is 13.2 Å². The molecular weight excluding hydrogens is 286 g/mol. The molecule has 2 heterocycles. The van der Waals surface area contributed by atoms with Crippen molar-refractivity contribution in [3.63, 3.8) is 0 Å². The minimum absolute atomic E-state index is 0.0200. The first-order valence-corrected chi connectivity index (χ1v) is 7.32. The van der Waals surface area contributed by atoms with Gasteiger partial charge in [-0.15, -0.1) is 0 Å². The Morgan fingerprint density at radius 3 is 2.41 bits per heavy atom. The molecule has 0 bridgehead atoms. The Morgan fingerprint density at radius 1 is 1.27 bits per heavy atom. The Morgan fingerprint density at radius 2 is 1.91 bits per heavy atom. The molecular formula is C15H19N3O4. The number of nitro groups is 1. The van der Waals surface area contributed by atoms with Crippen molar-refractivity contribution < 1.29 is 14.5 Å². The number of rotatable bonds is 3. The van der Waals surface area contributed by atoms with E-state index >= 15 is 0 Å². The Hall–Kier alpha value is -2.31. The van der Waals surface area contributed by atoms with Gasteiger partial charge in [0, 0.05) is 62.8 Å². The van der Waals surface area contributed by atoms with Crippen LogP contribution < -0.4 is 9.64 Å². The highest BCUT2D eigenvalue weighted by atomic mass is 16.6. The summed E-state index contributed by atoms with van der Waals surface area (Å²) in [5.41, 5.74) is 0.916. The molecule has 1 aromatic carbocycles. The second-order valence-electron chi connectivity index (χ2n) is 5.96. The number of methoxy groups -OCH3 is 1. The normalized spacial score (nSPS) is 23.5. The predicted molar refractivity (Wildman–Crippen MR) is 81.1 cm³/mol. The molecule has 2 saturated heterocycles. The summed E-state index contributed by atoms with van der Waals surface area (Å²) in [5.74, 6) is 1.37. The van der Waals surface area contributed by atoms with Crippen LogP contribution in [-0.2, 0) is 4.79 Å². The lowest BCUT2D eigenvalue weighted by molar-refractivity contribution is -0.385. The second-order valence-corrected chi connectivity index (χ2v) is 5.96. The summed E-state index contributed by atoms with van der Waals surface area (Å²) in [6, 6.07) is 4.98. The Kier molecular flexibility index (Phi) is 3.64. The van der Waals surface area contributed by atoms with Gasteiger partial charge in [0.05, 0.1) is 12.0 Å². The number of anilines is 1. The molecule has 7 nitrogen and oxygen atoms in total. The first-order chi connectivity index (χ1) is 10.5. The lowest BCUT2D eigenvalue weighted by atomic mass is 10.0. The quantitative estimate of drug-likeness (QED) is 0.625. The van der Waals surface area contributed by atoms with Crippen LogP contribution in [0.5, 0.6) is 5.75 Å². The smallest absolute Gasteiger partial charge is 0.311 e. The van der Waals surface area contributed by atoms with Gasteiger partial charge in [-0.3, -0.25) is 14.9 Å². The molecule has 3 rings (SSSR count). The number of hydrogen-bond acceptors (Lipinski definition) is 5. The van der Waals surface area contributed by atoms with Gasteiger partial charge >= 0.3 is 5.69 Å². The Balaban J connectivity index is 1.75. The first-order valence-electron chi connectivity index (χ1n) is 7.32. The van der Waals surface area contributed by atoms with Gasteiger partial charge in [0.15, 0.2) is 5.75 Å². The third-order valence-electron chi connectivity index (χ3n) is 4.66. The zero-order chi connectivity index (χ0) is 15.9. The largest absolute Gasteiger partial charge is 0.490 e. The zero-order valence-corrected chi connectivity index (χ0v) is 12.7. The van der Waals surface area contributed by atoms with E-state index in [1.54, 1.807) is 19.1 Å². The van der Waals surface area contributed by atoms with Crippen LogP contribution >= 0.6 is 0 Å². The van der Waals surface area contributed by atoms with Crippen molar-refractivity contribution in [3.05, 3.63) is 28.3 Å². The molecule has 0 aliphatic carbocycles. The SMILES string of the molecule is COc1cc(N2CC3CN(C(C)=O)CC3C2)ccc1[N+](=O)[O-]. The number of ether oxygens (including phenoxy) is 1. The van der Waals surface area contributed by atoms with Crippen molar-refractivity contribution in [1.29, 1.82) is 0 Å². The summed E-state index contributed by atoms with van der Waals surface area (Å²) < 4.78 is 5.13. The van der Waals surface area contributed by atoms with Gasteiger partial charge in [0.25, 0.3) is 0 Å². The van der Waals surface area contributed by atoms with E-state index in [-0.39, 0.29) is 17.3 Å². The van der Waals surface area contributed by atoms with E-state index in [0.717, 1.165) is 31.9 Å². The maximum atomic E-state index is 11.4. The van der Waals surface area contributed by atoms with Crippen LogP contribution in [0.4, 0.5) is 11.4 Å². The highest BCUT2D eigenvalue weighted by Gasteiger charge is 2.41. The Bertz CT molecular complexity index is 605. The number of carbonyl (C=O) groups is 1. The third kappa shape index (κ3) is 2.47. The van der Waals surface area contributed by atoms with Gasteiger partial charge < -0.3 is 14.5 Å². The fourth-order valence-electron chi connectivity index (χ4n) is 3.47. The average Bonchev–Trinajstić information content (AvgIpc) is 3.04. The molecule has 2 aliphatic heterocycles. The van der Waals surface area contributed by atoms with Crippen LogP contribution in [0.3, 0.4) is 0 Å². The van der Waals surface area contributed by atoms with Crippen LogP contribution in [0.2, 0.25) is 0 Å². The number of benzene rings is 1. The number of carbonyl (C=O) groups excluding carboxylic acids is 1. The van der Waals surface area contributed by atoms with Crippen LogP contribution in [0, 0.1) is 22.0 Å². The summed E-state index contributed by atoms with van der Waals surface area (Å²) in [5, 5.41) is 10.9. The van der Waals surface area contributed by atoms with E-state index in [1.807, 2.05) is 4.90 Å². The summed E-state index contributed by atoms with van der Waals surface area (Å²) in [4.78, 5) is 26.1. The molecule has 2 fully saturated rings. The fourth-order valence-corrected chi connectivity index (χ4v) is 3.47. The van der Waals surface area contributed by atoms with Gasteiger partial charge in [-0.2, -0.15) is 0 Å². The third-order valence-corrected chi connectivity index (χ3v) is 4.66. The monoisotopic (exact) mass is 305 g/mol. The van der Waals surface area contributed by atoms with Crippen molar-refractivity contribution >= 4 is 17.3 Å². The molecule has 0 radical (unpaired) electrons. The first kappa shape index (κ1) is 14.6. The minimum atomic E-state index is -0.438. The number of nitrogens with zero attached hydrogens (tertiary/aromatic N) is 3. The zero-order valence-electron chi connectivity index (χ0n) is 12.7.